The van der Waals surface area contributed by atoms with Crippen molar-refractivity contribution in [2.75, 3.05) is 19.8 Å². The topological polar surface area (TPSA) is 331 Å². The molecule has 0 aromatic heterocycles. The summed E-state index contributed by atoms with van der Waals surface area (Å²) >= 11 is 0. The molecule has 0 saturated carbocycles. The monoisotopic (exact) mass is 586 g/mol. The van der Waals surface area contributed by atoms with E-state index in [4.69, 9.17) is 44.9 Å². The van der Waals surface area contributed by atoms with Gasteiger partial charge in [-0.05, 0) is 0 Å². The number of aliphatic hydroxyl groups excluding tert-OH is 7. The van der Waals surface area contributed by atoms with Crippen LogP contribution < -0.4 is 5.32 Å². The number of amides is 3. The van der Waals surface area contributed by atoms with Gasteiger partial charge >= 0.3 is 21.7 Å². The van der Waals surface area contributed by atoms with Crippen LogP contribution in [0.5, 0.6) is 0 Å². The third-order valence-electron chi connectivity index (χ3n) is 4.76. The van der Waals surface area contributed by atoms with E-state index in [1.807, 2.05) is 5.32 Å². The van der Waals surface area contributed by atoms with E-state index in [1.54, 1.807) is 0 Å². The Morgan fingerprint density at radius 3 is 2.16 bits per heavy atom. The molecular weight excluding hydrogens is 558 g/mol. The number of aldehydes is 1. The van der Waals surface area contributed by atoms with Crippen molar-refractivity contribution in [2.24, 2.45) is 0 Å². The van der Waals surface area contributed by atoms with Gasteiger partial charge in [-0.1, -0.05) is 0 Å². The summed E-state index contributed by atoms with van der Waals surface area (Å²) in [4.78, 5) is 59.8. The minimum Gasteiger partial charge on any atom is -0.394 e. The van der Waals surface area contributed by atoms with E-state index in [0.29, 0.717) is 0 Å². The zero-order chi connectivity index (χ0) is 28.7. The lowest BCUT2D eigenvalue weighted by Gasteiger charge is -2.32. The van der Waals surface area contributed by atoms with E-state index in [2.05, 4.69) is 8.83 Å². The van der Waals surface area contributed by atoms with E-state index < -0.39 is 89.8 Å². The maximum atomic E-state index is 11.7. The molecule has 0 aliphatic carbocycles. The van der Waals surface area contributed by atoms with Crippen LogP contribution in [-0.2, 0) is 32.3 Å². The number of rotatable bonds is 11. The van der Waals surface area contributed by atoms with E-state index in [-0.39, 0.29) is 19.3 Å². The van der Waals surface area contributed by atoms with Gasteiger partial charge in [-0.15, -0.1) is 0 Å². The van der Waals surface area contributed by atoms with Crippen LogP contribution in [0, 0.1) is 0 Å². The molecule has 0 bridgehead atoms. The lowest BCUT2D eigenvalue weighted by atomic mass is 10.0. The molecule has 1 unspecified atom stereocenters. The molecule has 9 atom stereocenters. The Kier molecular flexibility index (Phi) is 12.8. The number of urea groups is 1. The number of carbonyl (C=O) groups excluding carboxylic acids is 3. The predicted octanol–water partition coefficient (Wildman–Crippen LogP) is -5.78. The summed E-state index contributed by atoms with van der Waals surface area (Å²) in [5.41, 5.74) is 0. The first-order valence-electron chi connectivity index (χ1n) is 10.1. The third-order valence-corrected chi connectivity index (χ3v) is 6.92. The summed E-state index contributed by atoms with van der Waals surface area (Å²) in [6.45, 7) is -1.73. The Labute approximate surface area is 207 Å². The number of nitrogens with zero attached hydrogens (tertiary/aromatic N) is 1. The second-order valence-corrected chi connectivity index (χ2v) is 10.4. The number of phosphoric ester groups is 1. The third kappa shape index (κ3) is 10.3. The highest BCUT2D eigenvalue weighted by molar-refractivity contribution is 7.60. The van der Waals surface area contributed by atoms with Crippen LogP contribution in [-0.4, -0.2) is 142 Å². The van der Waals surface area contributed by atoms with Gasteiger partial charge in [0.15, 0.2) is 12.5 Å². The van der Waals surface area contributed by atoms with Crippen molar-refractivity contribution >= 4 is 33.9 Å². The van der Waals surface area contributed by atoms with Gasteiger partial charge < -0.3 is 60.0 Å². The van der Waals surface area contributed by atoms with Crippen LogP contribution in [0.3, 0.4) is 0 Å². The Balaban J connectivity index is 0.000000482. The van der Waals surface area contributed by atoms with Gasteiger partial charge in [0.1, 0.15) is 42.7 Å². The van der Waals surface area contributed by atoms with E-state index in [9.17, 15) is 33.7 Å². The number of imide groups is 1. The summed E-state index contributed by atoms with van der Waals surface area (Å²) < 4.78 is 35.0. The van der Waals surface area contributed by atoms with Crippen LogP contribution in [0.4, 0.5) is 4.79 Å². The van der Waals surface area contributed by atoms with Crippen molar-refractivity contribution in [3.63, 3.8) is 0 Å². The van der Waals surface area contributed by atoms with E-state index >= 15 is 0 Å². The van der Waals surface area contributed by atoms with Crippen molar-refractivity contribution in [1.29, 1.82) is 0 Å². The Hall–Kier alpha value is -1.45. The maximum Gasteiger partial charge on any atom is 0.481 e. The highest BCUT2D eigenvalue weighted by Gasteiger charge is 2.49. The number of hydrogen-bond acceptors (Lipinski definition) is 15. The fourth-order valence-electron chi connectivity index (χ4n) is 2.89. The summed E-state index contributed by atoms with van der Waals surface area (Å²) in [5, 5.41) is 65.4. The fraction of sp³-hybridized carbons (Fsp3) is 0.800. The van der Waals surface area contributed by atoms with Crippen LogP contribution in [0.2, 0.25) is 0 Å². The zero-order valence-electron chi connectivity index (χ0n) is 18.6. The molecular formula is C15H28N2O18P2. The van der Waals surface area contributed by atoms with Gasteiger partial charge in [-0.3, -0.25) is 19.5 Å². The molecule has 216 valence electrons. The molecule has 3 amide bonds. The molecule has 37 heavy (non-hydrogen) atoms. The molecule has 20 nitrogen and oxygen atoms in total. The average Bonchev–Trinajstić information content (AvgIpc) is 3.08. The smallest absolute Gasteiger partial charge is 0.394 e. The van der Waals surface area contributed by atoms with Crippen LogP contribution in [0.1, 0.15) is 6.42 Å². The Morgan fingerprint density at radius 2 is 1.68 bits per heavy atom. The minimum absolute atomic E-state index is 0.0258. The SMILES string of the molecule is O=C1CCN([C@@H]2O[C@H](COP(=O)(O)OP(=O)(O)O)[C@@H](O)[C@H]2O)C(=O)N1.O=C[C@H](O)[C@@H](O)[C@H](O)[C@H](O)CO. The number of carbonyl (C=O) groups is 3. The molecule has 22 heteroatoms. The summed E-state index contributed by atoms with van der Waals surface area (Å²) in [7, 11) is -10.5. The summed E-state index contributed by atoms with van der Waals surface area (Å²) in [6, 6.07) is -0.855. The predicted molar refractivity (Wildman–Crippen MR) is 112 cm³/mol. The molecule has 2 aliphatic heterocycles. The Bertz CT molecular complexity index is 885. The van der Waals surface area contributed by atoms with Crippen molar-refractivity contribution in [3.8, 4) is 0 Å². The largest absolute Gasteiger partial charge is 0.481 e. The van der Waals surface area contributed by atoms with Crippen LogP contribution in [0.25, 0.3) is 0 Å². The first kappa shape index (κ1) is 33.6. The minimum atomic E-state index is -5.31. The molecule has 2 aliphatic rings. The lowest BCUT2D eigenvalue weighted by Crippen LogP contribution is -2.56. The van der Waals surface area contributed by atoms with Crippen LogP contribution in [0.15, 0.2) is 0 Å². The van der Waals surface area contributed by atoms with Crippen molar-refractivity contribution in [3.05, 3.63) is 0 Å². The second kappa shape index (κ2) is 14.1. The molecule has 0 spiro atoms. The highest BCUT2D eigenvalue weighted by Crippen LogP contribution is 2.57. The number of aliphatic hydroxyl groups is 7. The van der Waals surface area contributed by atoms with Crippen LogP contribution >= 0.6 is 15.6 Å². The van der Waals surface area contributed by atoms with Crippen molar-refractivity contribution in [1.82, 2.24) is 10.2 Å². The number of hydrogen-bond donors (Lipinski definition) is 11. The molecule has 2 fully saturated rings. The fourth-order valence-corrected chi connectivity index (χ4v) is 4.49. The van der Waals surface area contributed by atoms with Gasteiger partial charge in [-0.25, -0.2) is 13.9 Å². The number of ether oxygens (including phenoxy) is 1. The highest BCUT2D eigenvalue weighted by atomic mass is 31.3. The molecule has 0 aromatic rings. The number of phosphoric acid groups is 2. The van der Waals surface area contributed by atoms with Gasteiger partial charge in [0.25, 0.3) is 0 Å². The standard InChI is InChI=1S/C9H16N2O12P2.C6H12O6/c12-5-1-2-11(9(15)10-5)8-7(14)6(13)4(22-8)3-21-25(19,20)23-24(16,17)18;7-1-3(9)5(11)6(12)4(10)2-8/h4,6-8,13-14H,1-3H2,(H,19,20)(H,10,12,15)(H2,16,17,18);1,3-6,8-12H,2H2/t4-,6-,7-,8-;3-,4+,5+,6+/m10/s1. The molecule has 2 saturated heterocycles. The average molecular weight is 586 g/mol. The molecule has 0 radical (unpaired) electrons. The van der Waals surface area contributed by atoms with Crippen molar-refractivity contribution in [2.45, 2.75) is 55.4 Å². The lowest BCUT2D eigenvalue weighted by molar-refractivity contribution is -0.136. The zero-order valence-corrected chi connectivity index (χ0v) is 20.4. The van der Waals surface area contributed by atoms with E-state index in [1.165, 1.54) is 0 Å². The molecule has 11 N–H and O–H groups in total. The first-order valence-corrected chi connectivity index (χ1v) is 13.1. The van der Waals surface area contributed by atoms with Gasteiger partial charge in [0, 0.05) is 13.0 Å². The molecule has 2 heterocycles. The quantitative estimate of drug-likeness (QED) is 0.0793. The summed E-state index contributed by atoms with van der Waals surface area (Å²) in [5.74, 6) is -0.523. The molecule has 0 aromatic carbocycles. The van der Waals surface area contributed by atoms with Crippen molar-refractivity contribution < 1.29 is 87.5 Å². The molecule has 2 rings (SSSR count). The van der Waals surface area contributed by atoms with Gasteiger partial charge in [-0.2, -0.15) is 4.31 Å². The summed E-state index contributed by atoms with van der Waals surface area (Å²) in [6.07, 6.45) is -12.9. The maximum absolute atomic E-state index is 11.7. The normalized spacial score (nSPS) is 29.3. The van der Waals surface area contributed by atoms with Gasteiger partial charge in [0.05, 0.1) is 13.2 Å². The van der Waals surface area contributed by atoms with Gasteiger partial charge in [0.2, 0.25) is 5.91 Å². The first-order chi connectivity index (χ1) is 16.9. The van der Waals surface area contributed by atoms with E-state index in [0.717, 1.165) is 4.90 Å². The Morgan fingerprint density at radius 1 is 1.08 bits per heavy atom. The number of nitrogens with one attached hydrogen (secondary N) is 1. The second-order valence-electron chi connectivity index (χ2n) is 7.54.